The van der Waals surface area contributed by atoms with Crippen molar-refractivity contribution in [2.24, 2.45) is 5.73 Å². The summed E-state index contributed by atoms with van der Waals surface area (Å²) in [5.41, 5.74) is 9.39. The van der Waals surface area contributed by atoms with E-state index in [0.29, 0.717) is 53.9 Å². The van der Waals surface area contributed by atoms with Crippen molar-refractivity contribution < 1.29 is 27.9 Å². The number of ether oxygens (including phenoxy) is 1. The van der Waals surface area contributed by atoms with E-state index in [2.05, 4.69) is 33.4 Å². The first-order valence-corrected chi connectivity index (χ1v) is 17.7. The van der Waals surface area contributed by atoms with E-state index in [9.17, 15) is 23.2 Å². The van der Waals surface area contributed by atoms with Gasteiger partial charge in [-0.05, 0) is 89.4 Å². The summed E-state index contributed by atoms with van der Waals surface area (Å²) >= 11 is 3.39. The number of nitrogens with zero attached hydrogens (tertiary/aromatic N) is 2. The van der Waals surface area contributed by atoms with Crippen molar-refractivity contribution in [3.05, 3.63) is 105 Å². The third kappa shape index (κ3) is 8.75. The highest BCUT2D eigenvalue weighted by Gasteiger charge is 2.43. The summed E-state index contributed by atoms with van der Waals surface area (Å²) in [6, 6.07) is 18.7. The van der Waals surface area contributed by atoms with E-state index >= 15 is 0 Å². The van der Waals surface area contributed by atoms with Gasteiger partial charge in [0.05, 0.1) is 17.1 Å². The van der Waals surface area contributed by atoms with E-state index in [0.717, 1.165) is 42.4 Å². The summed E-state index contributed by atoms with van der Waals surface area (Å²) in [5, 5.41) is 3.61. The minimum Gasteiger partial charge on any atom is -0.492 e. The molecule has 2 bridgehead atoms. The molecule has 8 nitrogen and oxygen atoms in total. The second kappa shape index (κ2) is 15.6. The maximum atomic E-state index is 14.8. The number of nitrogens with two attached hydrogens (primary N) is 1. The van der Waals surface area contributed by atoms with Crippen LogP contribution in [0.5, 0.6) is 5.75 Å². The molecule has 1 saturated heterocycles. The molecule has 6 rings (SSSR count). The average Bonchev–Trinajstić information content (AvgIpc) is 3.93. The number of hydrogen-bond acceptors (Lipinski definition) is 5. The van der Waals surface area contributed by atoms with Gasteiger partial charge in [0, 0.05) is 61.8 Å². The van der Waals surface area contributed by atoms with Crippen molar-refractivity contribution in [3.8, 4) is 5.75 Å². The largest absolute Gasteiger partial charge is 0.492 e. The summed E-state index contributed by atoms with van der Waals surface area (Å²) in [5.74, 6) is -0.850. The molecule has 11 heteroatoms. The second-order valence-electron chi connectivity index (χ2n) is 13.1. The number of carbonyl (C=O) groups excluding carboxylic acids is 3. The predicted octanol–water partition coefficient (Wildman–Crippen LogP) is 5.91. The molecule has 3 aliphatic rings. The Balaban J connectivity index is 1.22. The average molecular weight is 736 g/mol. The Morgan fingerprint density at radius 1 is 0.980 bits per heavy atom. The fourth-order valence-corrected chi connectivity index (χ4v) is 7.14. The van der Waals surface area contributed by atoms with Crippen LogP contribution in [0.15, 0.2) is 76.8 Å². The van der Waals surface area contributed by atoms with Crippen molar-refractivity contribution in [3.63, 3.8) is 0 Å². The number of rotatable bonds is 14. The topological polar surface area (TPSA) is 105 Å². The molecule has 49 heavy (non-hydrogen) atoms. The first kappa shape index (κ1) is 34.8. The van der Waals surface area contributed by atoms with Crippen LogP contribution in [0.2, 0.25) is 0 Å². The molecule has 0 spiro atoms. The highest BCUT2D eigenvalue weighted by Crippen LogP contribution is 2.38. The molecule has 2 atom stereocenters. The summed E-state index contributed by atoms with van der Waals surface area (Å²) in [7, 11) is 0. The lowest BCUT2D eigenvalue weighted by molar-refractivity contribution is -0.134. The molecule has 3 aromatic carbocycles. The van der Waals surface area contributed by atoms with Gasteiger partial charge in [-0.2, -0.15) is 0 Å². The SMILES string of the molecule is NC(=O)CCCC(=O)N1CC2CC(c3ccc(CCCOc4cc(F)ccc4Br)cc3)=C(C(=O)N(Cc3ccccc3F)C3CC3)[C@@H](C1)N2. The zero-order chi connectivity index (χ0) is 34.5. The van der Waals surface area contributed by atoms with Crippen molar-refractivity contribution >= 4 is 39.2 Å². The van der Waals surface area contributed by atoms with Gasteiger partial charge in [0.1, 0.15) is 17.4 Å². The van der Waals surface area contributed by atoms with Crippen LogP contribution in [-0.4, -0.2) is 65.3 Å². The van der Waals surface area contributed by atoms with Crippen LogP contribution in [0.25, 0.3) is 5.57 Å². The Morgan fingerprint density at radius 2 is 1.76 bits per heavy atom. The van der Waals surface area contributed by atoms with Crippen LogP contribution in [0.3, 0.4) is 0 Å². The summed E-state index contributed by atoms with van der Waals surface area (Å²) in [6.45, 7) is 1.43. The number of carbonyl (C=O) groups is 3. The number of primary amides is 1. The lowest BCUT2D eigenvalue weighted by Crippen LogP contribution is -2.62. The smallest absolute Gasteiger partial charge is 0.252 e. The first-order chi connectivity index (χ1) is 23.7. The minimum absolute atomic E-state index is 0.0336. The van der Waals surface area contributed by atoms with Crippen LogP contribution in [0.1, 0.15) is 61.6 Å². The highest BCUT2D eigenvalue weighted by molar-refractivity contribution is 9.10. The lowest BCUT2D eigenvalue weighted by atomic mass is 9.82. The zero-order valence-electron chi connectivity index (χ0n) is 27.3. The number of halogens is 3. The van der Waals surface area contributed by atoms with Gasteiger partial charge in [0.15, 0.2) is 0 Å². The maximum Gasteiger partial charge on any atom is 0.252 e. The van der Waals surface area contributed by atoms with Gasteiger partial charge in [-0.3, -0.25) is 14.4 Å². The van der Waals surface area contributed by atoms with E-state index in [1.54, 1.807) is 34.1 Å². The molecule has 3 amide bonds. The van der Waals surface area contributed by atoms with E-state index in [4.69, 9.17) is 10.5 Å². The summed E-state index contributed by atoms with van der Waals surface area (Å²) in [6.07, 6.45) is 4.53. The van der Waals surface area contributed by atoms with Crippen molar-refractivity contribution in [1.82, 2.24) is 15.1 Å². The number of aryl methyl sites for hydroxylation is 1. The quantitative estimate of drug-likeness (QED) is 0.201. The van der Waals surface area contributed by atoms with Crippen molar-refractivity contribution in [2.75, 3.05) is 19.7 Å². The Labute approximate surface area is 293 Å². The lowest BCUT2D eigenvalue weighted by Gasteiger charge is -2.45. The Bertz CT molecular complexity index is 1730. The predicted molar refractivity (Wildman–Crippen MR) is 186 cm³/mol. The molecular formula is C38H41BrF2N4O4. The normalized spacial score (nSPS) is 18.7. The fraction of sp³-hybridized carbons (Fsp3) is 0.395. The molecule has 3 N–H and O–H groups in total. The van der Waals surface area contributed by atoms with Crippen LogP contribution in [0, 0.1) is 11.6 Å². The van der Waals surface area contributed by atoms with Gasteiger partial charge in [0.2, 0.25) is 11.8 Å². The maximum absolute atomic E-state index is 14.8. The first-order valence-electron chi connectivity index (χ1n) is 16.9. The van der Waals surface area contributed by atoms with E-state index in [1.807, 2.05) is 12.1 Å². The van der Waals surface area contributed by atoms with E-state index in [-0.39, 0.29) is 54.9 Å². The van der Waals surface area contributed by atoms with Gasteiger partial charge >= 0.3 is 0 Å². The number of piperazine rings is 1. The van der Waals surface area contributed by atoms with Gasteiger partial charge in [-0.15, -0.1) is 0 Å². The number of hydrogen-bond donors (Lipinski definition) is 2. The molecule has 2 aliphatic heterocycles. The number of fused-ring (bicyclic) bond motifs is 2. The molecule has 2 heterocycles. The van der Waals surface area contributed by atoms with Gasteiger partial charge in [-0.25, -0.2) is 8.78 Å². The molecule has 2 fully saturated rings. The third-order valence-electron chi connectivity index (χ3n) is 9.41. The minimum atomic E-state index is -0.433. The molecule has 1 saturated carbocycles. The molecule has 1 unspecified atom stereocenters. The number of nitrogens with one attached hydrogen (secondary N) is 1. The Morgan fingerprint density at radius 3 is 2.49 bits per heavy atom. The van der Waals surface area contributed by atoms with Gasteiger partial charge in [0.25, 0.3) is 5.91 Å². The molecule has 1 aliphatic carbocycles. The molecule has 0 aromatic heterocycles. The van der Waals surface area contributed by atoms with Crippen molar-refractivity contribution in [2.45, 2.75) is 76.0 Å². The number of amides is 3. The molecule has 258 valence electrons. The van der Waals surface area contributed by atoms with Gasteiger partial charge in [-0.1, -0.05) is 42.5 Å². The van der Waals surface area contributed by atoms with Crippen molar-refractivity contribution in [1.29, 1.82) is 0 Å². The monoisotopic (exact) mass is 734 g/mol. The van der Waals surface area contributed by atoms with E-state index in [1.165, 1.54) is 18.2 Å². The summed E-state index contributed by atoms with van der Waals surface area (Å²) < 4.78 is 34.9. The van der Waals surface area contributed by atoms with Crippen LogP contribution in [0.4, 0.5) is 8.78 Å². The highest BCUT2D eigenvalue weighted by atomic mass is 79.9. The van der Waals surface area contributed by atoms with E-state index < -0.39 is 11.9 Å². The Hall–Kier alpha value is -4.09. The van der Waals surface area contributed by atoms with Crippen LogP contribution < -0.4 is 15.8 Å². The van der Waals surface area contributed by atoms with Crippen LogP contribution in [-0.2, 0) is 27.3 Å². The molecule has 3 aromatic rings. The third-order valence-corrected chi connectivity index (χ3v) is 10.1. The Kier molecular flexibility index (Phi) is 11.1. The summed E-state index contributed by atoms with van der Waals surface area (Å²) in [4.78, 5) is 42.6. The zero-order valence-corrected chi connectivity index (χ0v) is 28.9. The molecule has 0 radical (unpaired) electrons. The second-order valence-corrected chi connectivity index (χ2v) is 14.0. The molecular weight excluding hydrogens is 694 g/mol. The standard InChI is InChI=1S/C38H41BrF2N4O4/c39-31-17-14-27(40)19-34(31)49-18-4-5-24-10-12-25(13-11-24)30-20-28-22-44(36(47)9-3-8-35(42)46)23-33(43-28)37(30)38(48)45(29-15-16-29)21-26-6-1-2-7-32(26)41/h1-2,6-7,10-14,17,19,28-29,33,43H,3-5,8-9,15-16,18,20-23H2,(H2,42,46)/t28?,33-/m1/s1. The fourth-order valence-electron chi connectivity index (χ4n) is 6.78. The van der Waals surface area contributed by atoms with Crippen LogP contribution >= 0.6 is 15.9 Å². The number of benzene rings is 3. The van der Waals surface area contributed by atoms with Gasteiger partial charge < -0.3 is 25.6 Å².